The van der Waals surface area contributed by atoms with Crippen molar-refractivity contribution >= 4 is 39.2 Å². The van der Waals surface area contributed by atoms with Crippen LogP contribution in [0.25, 0.3) is 6.08 Å². The molecule has 0 spiro atoms. The minimum atomic E-state index is -0.694. The van der Waals surface area contributed by atoms with Crippen molar-refractivity contribution < 1.29 is 4.79 Å². The van der Waals surface area contributed by atoms with E-state index < -0.39 is 5.91 Å². The summed E-state index contributed by atoms with van der Waals surface area (Å²) in [7, 11) is 0. The molecule has 0 bridgehead atoms. The van der Waals surface area contributed by atoms with Gasteiger partial charge in [-0.15, -0.1) is 11.3 Å². The van der Waals surface area contributed by atoms with E-state index in [0.717, 1.165) is 15.8 Å². The number of hydrogen-bond donors (Lipinski definition) is 1. The minimum absolute atomic E-state index is 0.0218. The van der Waals surface area contributed by atoms with Crippen molar-refractivity contribution in [3.63, 3.8) is 0 Å². The third-order valence-electron chi connectivity index (χ3n) is 1.77. The van der Waals surface area contributed by atoms with Crippen LogP contribution in [0.2, 0.25) is 0 Å². The lowest BCUT2D eigenvalue weighted by molar-refractivity contribution is -0.114. The van der Waals surface area contributed by atoms with E-state index in [1.54, 1.807) is 6.07 Å². The summed E-state index contributed by atoms with van der Waals surface area (Å²) < 4.78 is 1.00. The van der Waals surface area contributed by atoms with Gasteiger partial charge in [-0.25, -0.2) is 0 Å². The summed E-state index contributed by atoms with van der Waals surface area (Å²) in [5.41, 5.74) is 5.01. The van der Waals surface area contributed by atoms with Crippen LogP contribution in [0, 0.1) is 11.3 Å². The van der Waals surface area contributed by atoms with Gasteiger partial charge in [0.15, 0.2) is 0 Å². The molecular weight excluding hydrogens is 276 g/mol. The molecule has 0 unspecified atom stereocenters. The molecule has 0 aliphatic heterocycles. The fraction of sp³-hybridized carbons (Fsp3) is 0.200. The van der Waals surface area contributed by atoms with E-state index in [1.807, 2.05) is 13.0 Å². The van der Waals surface area contributed by atoms with E-state index in [0.29, 0.717) is 0 Å². The fourth-order valence-electron chi connectivity index (χ4n) is 1.04. The third kappa shape index (κ3) is 2.91. The maximum absolute atomic E-state index is 10.8. The van der Waals surface area contributed by atoms with Crippen LogP contribution >= 0.6 is 27.3 Å². The van der Waals surface area contributed by atoms with Gasteiger partial charge in [0.05, 0.1) is 0 Å². The van der Waals surface area contributed by atoms with Crippen LogP contribution in [-0.4, -0.2) is 5.91 Å². The lowest BCUT2D eigenvalue weighted by Crippen LogP contribution is -2.12. The van der Waals surface area contributed by atoms with Crippen molar-refractivity contribution in [3.8, 4) is 6.07 Å². The van der Waals surface area contributed by atoms with Crippen molar-refractivity contribution in [2.45, 2.75) is 13.3 Å². The molecule has 15 heavy (non-hydrogen) atoms. The summed E-state index contributed by atoms with van der Waals surface area (Å²) in [6.07, 6.45) is 2.43. The first-order valence-corrected chi connectivity index (χ1v) is 5.89. The molecule has 0 fully saturated rings. The number of rotatable bonds is 3. The zero-order valence-corrected chi connectivity index (χ0v) is 10.5. The summed E-state index contributed by atoms with van der Waals surface area (Å²) in [5, 5.41) is 8.66. The zero-order chi connectivity index (χ0) is 11.4. The number of nitriles is 1. The van der Waals surface area contributed by atoms with Gasteiger partial charge in [-0.1, -0.05) is 6.92 Å². The topological polar surface area (TPSA) is 66.9 Å². The van der Waals surface area contributed by atoms with Crippen molar-refractivity contribution in [3.05, 3.63) is 25.9 Å². The molecule has 0 saturated carbocycles. The average molecular weight is 285 g/mol. The normalized spacial score (nSPS) is 11.1. The maximum atomic E-state index is 10.8. The number of halogens is 1. The number of primary amides is 1. The van der Waals surface area contributed by atoms with Crippen molar-refractivity contribution in [1.82, 2.24) is 0 Å². The number of carbonyl (C=O) groups is 1. The minimum Gasteiger partial charge on any atom is -0.365 e. The molecule has 1 aromatic rings. The highest BCUT2D eigenvalue weighted by molar-refractivity contribution is 9.10. The van der Waals surface area contributed by atoms with E-state index in [2.05, 4.69) is 15.9 Å². The second-order valence-corrected chi connectivity index (χ2v) is 4.83. The number of hydrogen-bond acceptors (Lipinski definition) is 3. The van der Waals surface area contributed by atoms with E-state index >= 15 is 0 Å². The van der Waals surface area contributed by atoms with Crippen LogP contribution in [0.4, 0.5) is 0 Å². The van der Waals surface area contributed by atoms with Gasteiger partial charge in [-0.3, -0.25) is 4.79 Å². The summed E-state index contributed by atoms with van der Waals surface area (Å²) >= 11 is 4.95. The molecule has 0 aromatic carbocycles. The maximum Gasteiger partial charge on any atom is 0.259 e. The number of nitrogens with zero attached hydrogens (tertiary/aromatic N) is 1. The summed E-state index contributed by atoms with van der Waals surface area (Å²) in [5.74, 6) is -0.694. The van der Waals surface area contributed by atoms with Crippen molar-refractivity contribution in [2.75, 3.05) is 0 Å². The largest absolute Gasteiger partial charge is 0.365 e. The highest BCUT2D eigenvalue weighted by Crippen LogP contribution is 2.29. The highest BCUT2D eigenvalue weighted by atomic mass is 79.9. The molecule has 1 heterocycles. The van der Waals surface area contributed by atoms with E-state index in [4.69, 9.17) is 11.0 Å². The second-order valence-electron chi connectivity index (χ2n) is 2.81. The van der Waals surface area contributed by atoms with Crippen LogP contribution in [-0.2, 0) is 11.2 Å². The monoisotopic (exact) mass is 284 g/mol. The molecule has 0 aliphatic carbocycles. The quantitative estimate of drug-likeness (QED) is 0.684. The Morgan fingerprint density at radius 2 is 2.47 bits per heavy atom. The van der Waals surface area contributed by atoms with Gasteiger partial charge in [-0.2, -0.15) is 5.26 Å². The Balaban J connectivity index is 3.08. The number of carbonyl (C=O) groups excluding carboxylic acids is 1. The number of thiophene rings is 1. The smallest absolute Gasteiger partial charge is 0.259 e. The van der Waals surface area contributed by atoms with Gasteiger partial charge in [0.2, 0.25) is 0 Å². The Hall–Kier alpha value is -1.12. The van der Waals surface area contributed by atoms with Crippen LogP contribution in [0.5, 0.6) is 0 Å². The molecule has 1 rings (SSSR count). The molecule has 78 valence electrons. The zero-order valence-electron chi connectivity index (χ0n) is 8.08. The molecule has 2 N–H and O–H groups in total. The number of aryl methyl sites for hydroxylation is 1. The van der Waals surface area contributed by atoms with Gasteiger partial charge in [-0.05, 0) is 34.5 Å². The Morgan fingerprint density at radius 3 is 2.87 bits per heavy atom. The molecule has 0 atom stereocenters. The average Bonchev–Trinajstić information content (AvgIpc) is 2.54. The lowest BCUT2D eigenvalue weighted by atomic mass is 10.2. The van der Waals surface area contributed by atoms with Crippen molar-refractivity contribution in [2.24, 2.45) is 5.73 Å². The van der Waals surface area contributed by atoms with E-state index in [1.165, 1.54) is 22.3 Å². The Labute approximate surface area is 100 Å². The first-order valence-electron chi connectivity index (χ1n) is 4.28. The van der Waals surface area contributed by atoms with Gasteiger partial charge in [0, 0.05) is 14.2 Å². The second kappa shape index (κ2) is 5.10. The van der Waals surface area contributed by atoms with Crippen LogP contribution in [0.3, 0.4) is 0 Å². The predicted octanol–water partition coefficient (Wildman–Crippen LogP) is 2.47. The fourth-order valence-corrected chi connectivity index (χ4v) is 2.90. The van der Waals surface area contributed by atoms with E-state index in [9.17, 15) is 4.79 Å². The molecular formula is C10H9BrN2OS. The standard InChI is InChI=1S/C10H9BrN2OS/c1-2-9-8(11)4-7(15-9)3-6(5-12)10(13)14/h3-4H,2H2,1H3,(H2,13,14)/b6-3+. The summed E-state index contributed by atoms with van der Waals surface area (Å²) in [6.45, 7) is 2.05. The molecule has 3 nitrogen and oxygen atoms in total. The van der Waals surface area contributed by atoms with Crippen molar-refractivity contribution in [1.29, 1.82) is 5.26 Å². The highest BCUT2D eigenvalue weighted by Gasteiger charge is 2.07. The first-order chi connectivity index (χ1) is 7.08. The molecule has 0 saturated heterocycles. The first kappa shape index (κ1) is 12.0. The van der Waals surface area contributed by atoms with Gasteiger partial charge >= 0.3 is 0 Å². The number of amides is 1. The molecule has 0 aliphatic rings. The van der Waals surface area contributed by atoms with E-state index in [-0.39, 0.29) is 5.57 Å². The third-order valence-corrected chi connectivity index (χ3v) is 3.97. The predicted molar refractivity (Wildman–Crippen MR) is 64.2 cm³/mol. The number of nitrogens with two attached hydrogens (primary N) is 1. The summed E-state index contributed by atoms with van der Waals surface area (Å²) in [4.78, 5) is 12.9. The molecule has 1 aromatic heterocycles. The summed E-state index contributed by atoms with van der Waals surface area (Å²) in [6, 6.07) is 3.65. The van der Waals surface area contributed by atoms with Gasteiger partial charge in [0.1, 0.15) is 11.6 Å². The molecule has 1 amide bonds. The molecule has 5 heteroatoms. The van der Waals surface area contributed by atoms with Gasteiger partial charge in [0.25, 0.3) is 5.91 Å². The van der Waals surface area contributed by atoms with Gasteiger partial charge < -0.3 is 5.73 Å². The van der Waals surface area contributed by atoms with Crippen LogP contribution < -0.4 is 5.73 Å². The Morgan fingerprint density at radius 1 is 1.80 bits per heavy atom. The molecule has 0 radical (unpaired) electrons. The Kier molecular flexibility index (Phi) is 4.06. The van der Waals surface area contributed by atoms with Crippen LogP contribution in [0.1, 0.15) is 16.7 Å². The Bertz CT molecular complexity index is 456. The SMILES string of the molecule is CCc1sc(/C=C(\C#N)C(N)=O)cc1Br. The lowest BCUT2D eigenvalue weighted by Gasteiger charge is -1.89. The van der Waals surface area contributed by atoms with Crippen LogP contribution in [0.15, 0.2) is 16.1 Å².